The molecule has 1 rings (SSSR count). The second-order valence-corrected chi connectivity index (χ2v) is 43.6. The molecule has 0 nitrogen and oxygen atoms in total. The van der Waals surface area contributed by atoms with Gasteiger partial charge in [0.05, 0.1) is 0 Å². The van der Waals surface area contributed by atoms with E-state index in [0.29, 0.717) is 0 Å². The van der Waals surface area contributed by atoms with Crippen molar-refractivity contribution in [2.75, 3.05) is 4.87 Å². The van der Waals surface area contributed by atoms with E-state index < -0.39 is 0 Å². The Morgan fingerprint density at radius 2 is 2.67 bits per heavy atom. The van der Waals surface area contributed by atoms with E-state index >= 15 is 0 Å². The molecule has 4 heteroatoms. The number of hydrogen-bond donors (Lipinski definition) is 0. The first kappa shape index (κ1) is 7.03. The van der Waals surface area contributed by atoms with Crippen LogP contribution >= 0.6 is 34.5 Å². The van der Waals surface area contributed by atoms with Gasteiger partial charge in [0.25, 0.3) is 0 Å². The minimum absolute atomic E-state index is 0.155. The molecular weight excluding hydrogens is 532 g/mol. The molecule has 0 atom stereocenters. The average molecular weight is 536 g/mol. The van der Waals surface area contributed by atoms with E-state index in [1.807, 2.05) is 2.43 Å². The monoisotopic (exact) mass is 536 g/mol. The van der Waals surface area contributed by atoms with Crippen LogP contribution in [0.15, 0.2) is 0 Å². The summed E-state index contributed by atoms with van der Waals surface area (Å²) >= 11 is 4.54. The Kier molecular flexibility index (Phi) is 4.52. The van der Waals surface area contributed by atoms with Gasteiger partial charge in [0, 0.05) is 0 Å². The molecule has 1 aliphatic heterocycles. The van der Waals surface area contributed by atoms with Crippen LogP contribution in [0.1, 0.15) is 0 Å². The molecule has 0 aromatic rings. The summed E-state index contributed by atoms with van der Waals surface area (Å²) in [7, 11) is 0. The molecule has 0 aromatic carbocycles. The summed E-state index contributed by atoms with van der Waals surface area (Å²) in [6.45, 7) is 0. The summed E-state index contributed by atoms with van der Waals surface area (Å²) in [6.07, 6.45) is 0. The first-order chi connectivity index (χ1) is 2.93. The molecule has 6 heavy (non-hydrogen) atoms. The molecule has 1 heterocycles. The Hall–Kier alpha value is 2.92. The molecule has 1 fully saturated rings. The number of halogens is 4. The average Bonchev–Trinajstić information content (AvgIpc) is 2.21. The Bertz CT molecular complexity index is 40.8. The summed E-state index contributed by atoms with van der Waals surface area (Å²) < 4.78 is 3.40. The van der Waals surface area contributed by atoms with Gasteiger partial charge in [-0.15, -0.1) is 0 Å². The van der Waals surface area contributed by atoms with Crippen LogP contribution in [0.2, 0.25) is 0 Å². The maximum absolute atomic E-state index is 2.55. The SMILES string of the molecule is IC[I-]I1C[I-]1. The third-order valence-electron chi connectivity index (χ3n) is 0.325. The summed E-state index contributed by atoms with van der Waals surface area (Å²) in [5.74, 6) is 0. The molecule has 0 amide bonds. The molecule has 0 unspecified atom stereocenters. The van der Waals surface area contributed by atoms with Crippen molar-refractivity contribution < 1.29 is 34.5 Å². The first-order valence-corrected chi connectivity index (χ1v) is 20.0. The second kappa shape index (κ2) is 3.85. The van der Waals surface area contributed by atoms with Gasteiger partial charge < -0.3 is 0 Å². The van der Waals surface area contributed by atoms with E-state index in [4.69, 9.17) is 0 Å². The van der Waals surface area contributed by atoms with E-state index in [1.54, 1.807) is 2.43 Å². The molecule has 0 aromatic heterocycles. The molecular formula is C2H4I4-2. The van der Waals surface area contributed by atoms with Crippen molar-refractivity contribution in [1.29, 1.82) is 0 Å². The van der Waals surface area contributed by atoms with E-state index in [1.165, 1.54) is 0 Å². The van der Waals surface area contributed by atoms with E-state index in [0.717, 1.165) is 34.5 Å². The van der Waals surface area contributed by atoms with Crippen molar-refractivity contribution in [3.63, 3.8) is 0 Å². The van der Waals surface area contributed by atoms with Crippen molar-refractivity contribution in [2.45, 2.75) is 0 Å². The molecule has 0 radical (unpaired) electrons. The molecule has 42 valence electrons. The predicted octanol–water partition coefficient (Wildman–Crippen LogP) is -4.14. The zero-order chi connectivity index (χ0) is 4.41. The van der Waals surface area contributed by atoms with Crippen molar-refractivity contribution in [1.82, 2.24) is 0 Å². The van der Waals surface area contributed by atoms with Crippen LogP contribution in [0.25, 0.3) is 0 Å². The number of rotatable bonds is 2. The van der Waals surface area contributed by atoms with Gasteiger partial charge in [-0.05, 0) is 0 Å². The topological polar surface area (TPSA) is 0 Å². The fourth-order valence-electron chi connectivity index (χ4n) is 0.110. The number of alkyl halides is 4. The summed E-state index contributed by atoms with van der Waals surface area (Å²) in [4.78, 5) is 0. The van der Waals surface area contributed by atoms with Crippen LogP contribution < -0.4 is 34.5 Å². The zero-order valence-corrected chi connectivity index (χ0v) is 11.6. The zero-order valence-electron chi connectivity index (χ0n) is 2.93. The Morgan fingerprint density at radius 3 is 2.83 bits per heavy atom. The van der Waals surface area contributed by atoms with Gasteiger partial charge in [-0.2, -0.15) is 0 Å². The van der Waals surface area contributed by atoms with Crippen molar-refractivity contribution in [2.24, 2.45) is 0 Å². The van der Waals surface area contributed by atoms with Gasteiger partial charge in [-0.25, -0.2) is 0 Å². The van der Waals surface area contributed by atoms with Crippen molar-refractivity contribution in [3.05, 3.63) is 0 Å². The maximum atomic E-state index is 2.55. The normalized spacial score (nSPS) is 26.5. The molecule has 0 N–H and O–H groups in total. The predicted molar refractivity (Wildman–Crippen MR) is 37.8 cm³/mol. The number of hydrogen-bond acceptors (Lipinski definition) is 0. The Balaban J connectivity index is 1.88. The fourth-order valence-corrected chi connectivity index (χ4v) is 82.9. The van der Waals surface area contributed by atoms with Crippen molar-refractivity contribution in [3.8, 4) is 0 Å². The van der Waals surface area contributed by atoms with Crippen LogP contribution in [0.5, 0.6) is 0 Å². The summed E-state index contributed by atoms with van der Waals surface area (Å²) in [5.41, 5.74) is 0. The van der Waals surface area contributed by atoms with Crippen LogP contribution in [0.4, 0.5) is 0 Å². The van der Waals surface area contributed by atoms with Crippen LogP contribution in [-0.4, -0.2) is 4.87 Å². The van der Waals surface area contributed by atoms with Gasteiger partial charge in [0.15, 0.2) is 0 Å². The molecule has 0 aliphatic carbocycles. The quantitative estimate of drug-likeness (QED) is 0.249. The van der Waals surface area contributed by atoms with E-state index in [-0.39, 0.29) is 11.9 Å². The summed E-state index contributed by atoms with van der Waals surface area (Å²) in [6, 6.07) is 0. The van der Waals surface area contributed by atoms with Crippen LogP contribution in [-0.2, 0) is 0 Å². The fraction of sp³-hybridized carbons (Fsp3) is 1.00. The molecule has 0 spiro atoms. The first-order valence-electron chi connectivity index (χ1n) is 1.35. The summed E-state index contributed by atoms with van der Waals surface area (Å²) in [5, 5.41) is 0. The minimum atomic E-state index is 0.155. The molecule has 0 saturated carbocycles. The van der Waals surface area contributed by atoms with E-state index in [9.17, 15) is 0 Å². The molecule has 1 aliphatic rings. The van der Waals surface area contributed by atoms with Gasteiger partial charge in [-0.1, -0.05) is 0 Å². The molecule has 0 bridgehead atoms. The van der Waals surface area contributed by atoms with Gasteiger partial charge in [-0.3, -0.25) is 0 Å². The van der Waals surface area contributed by atoms with E-state index in [2.05, 4.69) is 22.6 Å². The van der Waals surface area contributed by atoms with Crippen LogP contribution in [0, 0.1) is 0 Å². The molecule has 1 saturated heterocycles. The van der Waals surface area contributed by atoms with Gasteiger partial charge >= 0.3 is 73.8 Å². The third-order valence-corrected chi connectivity index (χ3v) is 53.9. The Labute approximate surface area is 71.7 Å². The van der Waals surface area contributed by atoms with Gasteiger partial charge in [0.2, 0.25) is 0 Å². The standard InChI is InChI=1S/C2H4I4/c3-1-4-6-2-5-6/h1-2H2/q-2. The van der Waals surface area contributed by atoms with Crippen molar-refractivity contribution >= 4 is 34.5 Å². The third kappa shape index (κ3) is 3.05. The van der Waals surface area contributed by atoms with Gasteiger partial charge in [0.1, 0.15) is 0 Å². The Morgan fingerprint density at radius 1 is 2.00 bits per heavy atom. The second-order valence-electron chi connectivity index (χ2n) is 0.660. The van der Waals surface area contributed by atoms with Crippen LogP contribution in [0.3, 0.4) is 0 Å².